The van der Waals surface area contributed by atoms with Crippen molar-refractivity contribution in [3.05, 3.63) is 69.1 Å². The van der Waals surface area contributed by atoms with Gasteiger partial charge in [-0.25, -0.2) is 0 Å². The summed E-state index contributed by atoms with van der Waals surface area (Å²) in [6, 6.07) is 14.2. The van der Waals surface area contributed by atoms with Crippen molar-refractivity contribution in [3.8, 4) is 5.75 Å². The number of hydrogen-bond acceptors (Lipinski definition) is 6. The molecule has 7 heteroatoms. The molecule has 0 amide bonds. The molecule has 0 bridgehead atoms. The third kappa shape index (κ3) is 3.16. The Morgan fingerprint density at radius 1 is 1.15 bits per heavy atom. The molecule has 0 saturated carbocycles. The summed E-state index contributed by atoms with van der Waals surface area (Å²) in [4.78, 5) is 14.1. The van der Waals surface area contributed by atoms with Crippen LogP contribution in [0.4, 0.5) is 5.69 Å². The van der Waals surface area contributed by atoms with Crippen molar-refractivity contribution in [2.24, 2.45) is 0 Å². The molecule has 6 nitrogen and oxygen atoms in total. The van der Waals surface area contributed by atoms with Gasteiger partial charge in [0.2, 0.25) is 0 Å². The highest BCUT2D eigenvalue weighted by Gasteiger charge is 2.29. The van der Waals surface area contributed by atoms with Gasteiger partial charge in [0.25, 0.3) is 5.69 Å². The summed E-state index contributed by atoms with van der Waals surface area (Å²) in [7, 11) is 0. The van der Waals surface area contributed by atoms with E-state index in [0.717, 1.165) is 15.0 Å². The predicted octanol–water partition coefficient (Wildman–Crippen LogP) is 3.94. The number of aromatic hydroxyl groups is 1. The van der Waals surface area contributed by atoms with E-state index < -0.39 is 4.92 Å². The first-order chi connectivity index (χ1) is 12.6. The van der Waals surface area contributed by atoms with Crippen molar-refractivity contribution in [2.75, 3.05) is 26.3 Å². The normalized spacial score (nSPS) is 16.6. The Kier molecular flexibility index (Phi) is 4.58. The molecule has 2 aromatic carbocycles. The van der Waals surface area contributed by atoms with Crippen molar-refractivity contribution in [1.29, 1.82) is 0 Å². The van der Waals surface area contributed by atoms with Crippen LogP contribution in [0.5, 0.6) is 5.75 Å². The van der Waals surface area contributed by atoms with E-state index >= 15 is 0 Å². The largest absolute Gasteiger partial charge is 0.508 e. The van der Waals surface area contributed by atoms with Gasteiger partial charge >= 0.3 is 0 Å². The summed E-state index contributed by atoms with van der Waals surface area (Å²) in [5.74, 6) is 0.0737. The minimum Gasteiger partial charge on any atom is -0.508 e. The maximum absolute atomic E-state index is 11.2. The first-order valence-electron chi connectivity index (χ1n) is 8.41. The highest BCUT2D eigenvalue weighted by molar-refractivity contribution is 7.19. The number of phenolic OH excluding ortho intramolecular Hbond substituents is 1. The molecule has 134 valence electrons. The number of nitro benzene ring substituents is 1. The quantitative estimate of drug-likeness (QED) is 0.556. The summed E-state index contributed by atoms with van der Waals surface area (Å²) in [5, 5.41) is 22.8. The molecule has 1 fully saturated rings. The van der Waals surface area contributed by atoms with Gasteiger partial charge in [-0.05, 0) is 23.6 Å². The fraction of sp³-hybridized carbons (Fsp3) is 0.263. The molecule has 0 spiro atoms. The standard InChI is InChI=1S/C19H18N2O4S/c22-16-6-5-14(21(23)24)12-15(16)19(20-7-9-25-10-8-20)18-11-13-3-1-2-4-17(13)26-18/h1-6,11-12,19,22H,7-10H2. The number of thiophene rings is 1. The second-order valence-electron chi connectivity index (χ2n) is 6.24. The number of rotatable bonds is 4. The zero-order valence-corrected chi connectivity index (χ0v) is 14.8. The zero-order chi connectivity index (χ0) is 18.1. The molecule has 1 atom stereocenters. The Labute approximate surface area is 154 Å². The Balaban J connectivity index is 1.85. The predicted molar refractivity (Wildman–Crippen MR) is 101 cm³/mol. The average molecular weight is 370 g/mol. The van der Waals surface area contributed by atoms with Crippen LogP contribution in [0.3, 0.4) is 0 Å². The van der Waals surface area contributed by atoms with Crippen LogP contribution in [0.25, 0.3) is 10.1 Å². The highest BCUT2D eigenvalue weighted by atomic mass is 32.1. The minimum atomic E-state index is -0.426. The first kappa shape index (κ1) is 17.0. The highest BCUT2D eigenvalue weighted by Crippen LogP contribution is 2.41. The molecule has 0 radical (unpaired) electrons. The lowest BCUT2D eigenvalue weighted by atomic mass is 10.0. The Hall–Kier alpha value is -2.48. The summed E-state index contributed by atoms with van der Waals surface area (Å²) in [6.45, 7) is 2.64. The number of benzene rings is 2. The van der Waals surface area contributed by atoms with E-state index in [1.807, 2.05) is 12.1 Å². The van der Waals surface area contributed by atoms with Crippen LogP contribution < -0.4 is 0 Å². The average Bonchev–Trinajstić information content (AvgIpc) is 3.07. The van der Waals surface area contributed by atoms with E-state index in [-0.39, 0.29) is 17.5 Å². The van der Waals surface area contributed by atoms with Crippen molar-refractivity contribution in [3.63, 3.8) is 0 Å². The maximum Gasteiger partial charge on any atom is 0.270 e. The molecule has 1 aromatic heterocycles. The van der Waals surface area contributed by atoms with Crippen LogP contribution in [-0.4, -0.2) is 41.2 Å². The first-order valence-corrected chi connectivity index (χ1v) is 9.23. The van der Waals surface area contributed by atoms with Gasteiger partial charge in [-0.1, -0.05) is 18.2 Å². The second-order valence-corrected chi connectivity index (χ2v) is 7.35. The number of hydrogen-bond donors (Lipinski definition) is 1. The lowest BCUT2D eigenvalue weighted by Crippen LogP contribution is -2.39. The molecule has 1 N–H and O–H groups in total. The van der Waals surface area contributed by atoms with Gasteiger partial charge < -0.3 is 9.84 Å². The van der Waals surface area contributed by atoms with Gasteiger partial charge in [0.05, 0.1) is 24.2 Å². The van der Waals surface area contributed by atoms with E-state index in [4.69, 9.17) is 4.74 Å². The Bertz CT molecular complexity index is 917. The lowest BCUT2D eigenvalue weighted by molar-refractivity contribution is -0.385. The molecule has 0 aliphatic carbocycles. The summed E-state index contributed by atoms with van der Waals surface area (Å²) < 4.78 is 6.62. The van der Waals surface area contributed by atoms with Crippen LogP contribution in [0.1, 0.15) is 16.5 Å². The summed E-state index contributed by atoms with van der Waals surface area (Å²) in [6.07, 6.45) is 0. The van der Waals surface area contributed by atoms with Crippen LogP contribution in [0.2, 0.25) is 0 Å². The topological polar surface area (TPSA) is 75.8 Å². The van der Waals surface area contributed by atoms with Gasteiger partial charge in [0.1, 0.15) is 5.75 Å². The molecular formula is C19H18N2O4S. The van der Waals surface area contributed by atoms with Gasteiger partial charge in [0.15, 0.2) is 0 Å². The number of nitro groups is 1. The summed E-state index contributed by atoms with van der Waals surface area (Å²) >= 11 is 1.65. The van der Waals surface area contributed by atoms with E-state index in [0.29, 0.717) is 31.9 Å². The third-order valence-electron chi connectivity index (χ3n) is 4.64. The molecule has 4 rings (SSSR count). The van der Waals surface area contributed by atoms with Crippen molar-refractivity contribution in [2.45, 2.75) is 6.04 Å². The molecule has 1 aliphatic rings. The molecule has 26 heavy (non-hydrogen) atoms. The fourth-order valence-electron chi connectivity index (χ4n) is 3.38. The van der Waals surface area contributed by atoms with Crippen LogP contribution in [0, 0.1) is 10.1 Å². The third-order valence-corrected chi connectivity index (χ3v) is 5.81. The van der Waals surface area contributed by atoms with E-state index in [1.54, 1.807) is 11.3 Å². The van der Waals surface area contributed by atoms with E-state index in [1.165, 1.54) is 18.2 Å². The molecule has 2 heterocycles. The van der Waals surface area contributed by atoms with E-state index in [9.17, 15) is 15.2 Å². The van der Waals surface area contributed by atoms with Crippen molar-refractivity contribution in [1.82, 2.24) is 4.90 Å². The fourth-order valence-corrected chi connectivity index (χ4v) is 4.60. The Morgan fingerprint density at radius 3 is 2.65 bits per heavy atom. The number of non-ortho nitro benzene ring substituents is 1. The zero-order valence-electron chi connectivity index (χ0n) is 14.0. The number of phenols is 1. The molecular weight excluding hydrogens is 352 g/mol. The van der Waals surface area contributed by atoms with Crippen LogP contribution in [0.15, 0.2) is 48.5 Å². The number of morpholine rings is 1. The minimum absolute atomic E-state index is 0.0165. The van der Waals surface area contributed by atoms with Crippen LogP contribution in [-0.2, 0) is 4.74 Å². The number of nitrogens with zero attached hydrogens (tertiary/aromatic N) is 2. The SMILES string of the molecule is O=[N+]([O-])c1ccc(O)c(C(c2cc3ccccc3s2)N2CCOCC2)c1. The van der Waals surface area contributed by atoms with Gasteiger partial charge in [-0.3, -0.25) is 15.0 Å². The smallest absolute Gasteiger partial charge is 0.270 e. The van der Waals surface area contributed by atoms with E-state index in [2.05, 4.69) is 23.1 Å². The van der Waals surface area contributed by atoms with Gasteiger partial charge in [0, 0.05) is 40.4 Å². The molecule has 1 saturated heterocycles. The van der Waals surface area contributed by atoms with Gasteiger partial charge in [-0.15, -0.1) is 11.3 Å². The van der Waals surface area contributed by atoms with Crippen LogP contribution >= 0.6 is 11.3 Å². The van der Waals surface area contributed by atoms with Crippen molar-refractivity contribution >= 4 is 27.1 Å². The van der Waals surface area contributed by atoms with Crippen molar-refractivity contribution < 1.29 is 14.8 Å². The number of ether oxygens (including phenoxy) is 1. The van der Waals surface area contributed by atoms with Gasteiger partial charge in [-0.2, -0.15) is 0 Å². The lowest BCUT2D eigenvalue weighted by Gasteiger charge is -2.34. The summed E-state index contributed by atoms with van der Waals surface area (Å²) in [5.41, 5.74) is 0.546. The molecule has 1 aliphatic heterocycles. The maximum atomic E-state index is 11.2. The molecule has 3 aromatic rings. The Morgan fingerprint density at radius 2 is 1.92 bits per heavy atom. The monoisotopic (exact) mass is 370 g/mol. The number of fused-ring (bicyclic) bond motifs is 1. The molecule has 1 unspecified atom stereocenters. The second kappa shape index (κ2) is 7.03.